The average Bonchev–Trinajstić information content (AvgIpc) is 2.62. The number of rotatable bonds is 4. The minimum Gasteiger partial charge on any atom is -0.378 e. The lowest BCUT2D eigenvalue weighted by Crippen LogP contribution is -2.36. The van der Waals surface area contributed by atoms with Gasteiger partial charge in [-0.15, -0.1) is 0 Å². The number of hydrogen-bond donors (Lipinski definition) is 0. The molecule has 4 nitrogen and oxygen atoms in total. The van der Waals surface area contributed by atoms with Gasteiger partial charge < -0.3 is 9.64 Å². The Bertz CT molecular complexity index is 775. The molecule has 1 aliphatic heterocycles. The van der Waals surface area contributed by atoms with Crippen LogP contribution >= 0.6 is 0 Å². The number of anilines is 1. The van der Waals surface area contributed by atoms with Gasteiger partial charge in [0.1, 0.15) is 17.3 Å². The third-order valence-electron chi connectivity index (χ3n) is 3.91. The molecular weight excluding hydrogens is 340 g/mol. The predicted octanol–water partition coefficient (Wildman–Crippen LogP) is 3.17. The summed E-state index contributed by atoms with van der Waals surface area (Å²) in [5.41, 5.74) is -1.05. The summed E-state index contributed by atoms with van der Waals surface area (Å²) in [5.74, 6) is -8.08. The van der Waals surface area contributed by atoms with Gasteiger partial charge in [-0.05, 0) is 24.3 Å². The zero-order valence-electron chi connectivity index (χ0n) is 13.0. The summed E-state index contributed by atoms with van der Waals surface area (Å²) in [6.07, 6.45) is 1.24. The molecule has 0 amide bonds. The minimum absolute atomic E-state index is 0.387. The first-order valence-corrected chi connectivity index (χ1v) is 7.56. The molecule has 8 heteroatoms. The highest BCUT2D eigenvalue weighted by atomic mass is 19.3. The number of halogens is 4. The van der Waals surface area contributed by atoms with Crippen molar-refractivity contribution in [1.82, 2.24) is 4.98 Å². The number of aromatic nitrogens is 1. The molecule has 0 spiro atoms. The number of Topliss-reactive ketones (excluding diaryl/α,β-unsaturated/α-hetero) is 1. The molecule has 3 rings (SSSR count). The minimum atomic E-state index is -4.03. The molecule has 0 saturated carbocycles. The summed E-state index contributed by atoms with van der Waals surface area (Å²) in [6, 6.07) is 4.29. The standard InChI is InChI=1S/C17H14F4N2O2/c18-11-1-3-13(14(19)9-11)16(24)17(20,21)15-4-2-12(10-22-15)23-5-7-25-8-6-23/h1-4,9-10H,5-8H2. The van der Waals surface area contributed by atoms with E-state index in [1.807, 2.05) is 4.90 Å². The van der Waals surface area contributed by atoms with Gasteiger partial charge in [-0.2, -0.15) is 8.78 Å². The summed E-state index contributed by atoms with van der Waals surface area (Å²) >= 11 is 0. The highest BCUT2D eigenvalue weighted by Gasteiger charge is 2.44. The highest BCUT2D eigenvalue weighted by Crippen LogP contribution is 2.32. The van der Waals surface area contributed by atoms with Crippen molar-refractivity contribution in [3.8, 4) is 0 Å². The number of carbonyl (C=O) groups is 1. The molecule has 0 N–H and O–H groups in total. The van der Waals surface area contributed by atoms with Crippen LogP contribution in [-0.2, 0) is 10.7 Å². The van der Waals surface area contributed by atoms with Gasteiger partial charge in [-0.25, -0.2) is 8.78 Å². The fourth-order valence-corrected chi connectivity index (χ4v) is 2.54. The molecule has 2 aromatic rings. The molecule has 2 heterocycles. The van der Waals surface area contributed by atoms with Gasteiger partial charge in [0.2, 0.25) is 5.78 Å². The van der Waals surface area contributed by atoms with Crippen LogP contribution in [0.2, 0.25) is 0 Å². The molecule has 1 fully saturated rings. The van der Waals surface area contributed by atoms with E-state index >= 15 is 0 Å². The van der Waals surface area contributed by atoms with E-state index in [0.717, 1.165) is 12.1 Å². The van der Waals surface area contributed by atoms with E-state index in [0.29, 0.717) is 44.1 Å². The van der Waals surface area contributed by atoms with E-state index < -0.39 is 34.6 Å². The lowest BCUT2D eigenvalue weighted by molar-refractivity contribution is 0.00427. The van der Waals surface area contributed by atoms with E-state index in [1.54, 1.807) is 0 Å². The number of ketones is 1. The molecule has 0 aliphatic carbocycles. The summed E-state index contributed by atoms with van der Waals surface area (Å²) < 4.78 is 60.5. The number of hydrogen-bond acceptors (Lipinski definition) is 4. The van der Waals surface area contributed by atoms with Crippen molar-refractivity contribution in [3.63, 3.8) is 0 Å². The van der Waals surface area contributed by atoms with Gasteiger partial charge in [-0.3, -0.25) is 9.78 Å². The largest absolute Gasteiger partial charge is 0.378 e. The molecule has 1 aromatic heterocycles. The second kappa shape index (κ2) is 6.79. The highest BCUT2D eigenvalue weighted by molar-refractivity contribution is 6.01. The van der Waals surface area contributed by atoms with Crippen molar-refractivity contribution in [2.24, 2.45) is 0 Å². The van der Waals surface area contributed by atoms with Crippen molar-refractivity contribution in [2.75, 3.05) is 31.2 Å². The number of nitrogens with zero attached hydrogens (tertiary/aromatic N) is 2. The number of morpholine rings is 1. The maximum atomic E-state index is 14.4. The van der Waals surface area contributed by atoms with Crippen LogP contribution in [0.3, 0.4) is 0 Å². The van der Waals surface area contributed by atoms with Gasteiger partial charge >= 0.3 is 5.92 Å². The van der Waals surface area contributed by atoms with E-state index in [2.05, 4.69) is 4.98 Å². The Labute approximate surface area is 141 Å². The van der Waals surface area contributed by atoms with Crippen LogP contribution in [-0.4, -0.2) is 37.1 Å². The second-order valence-electron chi connectivity index (χ2n) is 5.53. The van der Waals surface area contributed by atoms with Crippen LogP contribution in [0.4, 0.5) is 23.2 Å². The number of alkyl halides is 2. The first-order valence-electron chi connectivity index (χ1n) is 7.56. The van der Waals surface area contributed by atoms with Gasteiger partial charge in [-0.1, -0.05) is 0 Å². The van der Waals surface area contributed by atoms with Crippen LogP contribution in [0.5, 0.6) is 0 Å². The molecule has 1 saturated heterocycles. The third-order valence-corrected chi connectivity index (χ3v) is 3.91. The normalized spacial score (nSPS) is 15.3. The van der Waals surface area contributed by atoms with Crippen molar-refractivity contribution < 1.29 is 27.1 Å². The maximum Gasteiger partial charge on any atom is 0.351 e. The second-order valence-corrected chi connectivity index (χ2v) is 5.53. The molecule has 0 bridgehead atoms. The molecule has 1 aliphatic rings. The molecule has 25 heavy (non-hydrogen) atoms. The molecule has 0 atom stereocenters. The van der Waals surface area contributed by atoms with Crippen LogP contribution in [0.25, 0.3) is 0 Å². The van der Waals surface area contributed by atoms with Crippen molar-refractivity contribution in [3.05, 3.63) is 59.4 Å². The third kappa shape index (κ3) is 3.48. The van der Waals surface area contributed by atoms with Gasteiger partial charge in [0.25, 0.3) is 0 Å². The predicted molar refractivity (Wildman–Crippen MR) is 81.9 cm³/mol. The van der Waals surface area contributed by atoms with E-state index in [4.69, 9.17) is 4.74 Å². The Morgan fingerprint density at radius 1 is 1.12 bits per heavy atom. The Kier molecular flexibility index (Phi) is 4.71. The smallest absolute Gasteiger partial charge is 0.351 e. The number of benzene rings is 1. The average molecular weight is 354 g/mol. The van der Waals surface area contributed by atoms with Crippen molar-refractivity contribution in [2.45, 2.75) is 5.92 Å². The van der Waals surface area contributed by atoms with Gasteiger partial charge in [0.05, 0.1) is 30.7 Å². The quantitative estimate of drug-likeness (QED) is 0.625. The van der Waals surface area contributed by atoms with Crippen molar-refractivity contribution >= 4 is 11.5 Å². The first kappa shape index (κ1) is 17.3. The zero-order valence-corrected chi connectivity index (χ0v) is 13.0. The molecule has 0 radical (unpaired) electrons. The Morgan fingerprint density at radius 2 is 1.84 bits per heavy atom. The Balaban J connectivity index is 1.84. The van der Waals surface area contributed by atoms with Crippen LogP contribution in [0.15, 0.2) is 36.5 Å². The van der Waals surface area contributed by atoms with Crippen molar-refractivity contribution in [1.29, 1.82) is 0 Å². The summed E-state index contributed by atoms with van der Waals surface area (Å²) in [7, 11) is 0. The first-order chi connectivity index (χ1) is 11.9. The molecule has 1 aromatic carbocycles. The fraction of sp³-hybridized carbons (Fsp3) is 0.294. The zero-order chi connectivity index (χ0) is 18.0. The fourth-order valence-electron chi connectivity index (χ4n) is 2.54. The number of carbonyl (C=O) groups excluding carboxylic acids is 1. The lowest BCUT2D eigenvalue weighted by atomic mass is 10.0. The maximum absolute atomic E-state index is 14.4. The van der Waals surface area contributed by atoms with Gasteiger partial charge in [0.15, 0.2) is 0 Å². The summed E-state index contributed by atoms with van der Waals surface area (Å²) in [6.45, 7) is 2.27. The molecule has 0 unspecified atom stereocenters. The number of ether oxygens (including phenoxy) is 1. The van der Waals surface area contributed by atoms with E-state index in [-0.39, 0.29) is 0 Å². The van der Waals surface area contributed by atoms with Crippen LogP contribution in [0, 0.1) is 11.6 Å². The van der Waals surface area contributed by atoms with Crippen LogP contribution < -0.4 is 4.90 Å². The number of pyridine rings is 1. The molecular formula is C17H14F4N2O2. The molecule has 132 valence electrons. The Hall–Kier alpha value is -2.48. The van der Waals surface area contributed by atoms with Gasteiger partial charge in [0, 0.05) is 19.2 Å². The SMILES string of the molecule is O=C(c1ccc(F)cc1F)C(F)(F)c1ccc(N2CCOCC2)cn1. The summed E-state index contributed by atoms with van der Waals surface area (Å²) in [4.78, 5) is 17.6. The summed E-state index contributed by atoms with van der Waals surface area (Å²) in [5, 5.41) is 0. The van der Waals surface area contributed by atoms with Crippen LogP contribution in [0.1, 0.15) is 16.1 Å². The lowest BCUT2D eigenvalue weighted by Gasteiger charge is -2.28. The Morgan fingerprint density at radius 3 is 2.44 bits per heavy atom. The van der Waals surface area contributed by atoms with E-state index in [1.165, 1.54) is 12.3 Å². The monoisotopic (exact) mass is 354 g/mol. The van der Waals surface area contributed by atoms with E-state index in [9.17, 15) is 22.4 Å². The topological polar surface area (TPSA) is 42.4 Å².